The van der Waals surface area contributed by atoms with Gasteiger partial charge in [-0.2, -0.15) is 0 Å². The highest BCUT2D eigenvalue weighted by Gasteiger charge is 2.36. The molecule has 31 heavy (non-hydrogen) atoms. The van der Waals surface area contributed by atoms with Crippen molar-refractivity contribution in [3.8, 4) is 0 Å². The number of benzene rings is 3. The number of likely N-dealkylation sites (N-methyl/N-ethyl adjacent to an activating group) is 2. The second-order valence-electron chi connectivity index (χ2n) is 8.15. The number of halogens is 1. The molecule has 0 aliphatic rings. The van der Waals surface area contributed by atoms with Crippen molar-refractivity contribution in [3.05, 3.63) is 83.7 Å². The van der Waals surface area contributed by atoms with Crippen LogP contribution in [0.1, 0.15) is 18.1 Å². The molecule has 0 aliphatic heterocycles. The Kier molecular flexibility index (Phi) is 6.71. The van der Waals surface area contributed by atoms with Crippen molar-refractivity contribution in [1.82, 2.24) is 10.2 Å². The van der Waals surface area contributed by atoms with Gasteiger partial charge in [0.15, 0.2) is 0 Å². The molecule has 3 aromatic rings. The molecule has 2 atom stereocenters. The fraction of sp³-hybridized carbons (Fsp3) is 0.280. The summed E-state index contributed by atoms with van der Waals surface area (Å²) in [6, 6.07) is 19.1. The summed E-state index contributed by atoms with van der Waals surface area (Å²) in [5, 5.41) is 4.80. The van der Waals surface area contributed by atoms with Gasteiger partial charge in [-0.15, -0.1) is 0 Å². The summed E-state index contributed by atoms with van der Waals surface area (Å²) in [4.78, 5) is 27.2. The lowest BCUT2D eigenvalue weighted by Gasteiger charge is -2.34. The quantitative estimate of drug-likeness (QED) is 0.616. The monoisotopic (exact) mass is 421 g/mol. The molecule has 0 saturated heterocycles. The number of hydrogen-bond donors (Lipinski definition) is 2. The summed E-state index contributed by atoms with van der Waals surface area (Å²) in [6.45, 7) is 1.68. The lowest BCUT2D eigenvalue weighted by Crippen LogP contribution is -2.59. The van der Waals surface area contributed by atoms with Gasteiger partial charge in [-0.3, -0.25) is 9.59 Å². The van der Waals surface area contributed by atoms with Crippen molar-refractivity contribution in [3.63, 3.8) is 0 Å². The lowest BCUT2D eigenvalue weighted by atomic mass is 9.90. The zero-order valence-electron chi connectivity index (χ0n) is 18.1. The standard InChI is InChI=1S/C25H28FN3O2/c1-25(27,16-18-8-11-19-6-4-5-7-20(19)14-18)24(31)29(3)22(23(30)28-2)15-17-9-12-21(26)13-10-17/h4-14,22H,15-16,27H2,1-3H3,(H,28,30)/t22-,25-/m1/s1. The summed E-state index contributed by atoms with van der Waals surface area (Å²) in [5.41, 5.74) is 6.95. The molecule has 0 unspecified atom stereocenters. The van der Waals surface area contributed by atoms with E-state index in [1.807, 2.05) is 42.5 Å². The van der Waals surface area contributed by atoms with E-state index >= 15 is 0 Å². The molecule has 0 fully saturated rings. The molecule has 0 aliphatic carbocycles. The minimum Gasteiger partial charge on any atom is -0.357 e. The SMILES string of the molecule is CNC(=O)[C@@H](Cc1ccc(F)cc1)N(C)C(=O)[C@](C)(N)Cc1ccc2ccccc2c1. The van der Waals surface area contributed by atoms with Crippen molar-refractivity contribution in [2.45, 2.75) is 31.3 Å². The molecule has 0 bridgehead atoms. The minimum atomic E-state index is -1.20. The van der Waals surface area contributed by atoms with Gasteiger partial charge in [0, 0.05) is 20.5 Å². The molecular formula is C25H28FN3O2. The third-order valence-electron chi connectivity index (χ3n) is 5.55. The second kappa shape index (κ2) is 9.27. The molecule has 6 heteroatoms. The first-order valence-corrected chi connectivity index (χ1v) is 10.2. The number of hydrogen-bond acceptors (Lipinski definition) is 3. The van der Waals surface area contributed by atoms with E-state index in [1.165, 1.54) is 24.1 Å². The first-order chi connectivity index (χ1) is 14.7. The molecule has 0 radical (unpaired) electrons. The lowest BCUT2D eigenvalue weighted by molar-refractivity contribution is -0.142. The van der Waals surface area contributed by atoms with Crippen LogP contribution in [0.15, 0.2) is 66.7 Å². The van der Waals surface area contributed by atoms with Crippen molar-refractivity contribution < 1.29 is 14.0 Å². The van der Waals surface area contributed by atoms with E-state index in [-0.39, 0.29) is 24.1 Å². The van der Waals surface area contributed by atoms with Crippen molar-refractivity contribution >= 4 is 22.6 Å². The predicted octanol–water partition coefficient (Wildman–Crippen LogP) is 3.05. The molecule has 5 nitrogen and oxygen atoms in total. The summed E-state index contributed by atoms with van der Waals surface area (Å²) in [7, 11) is 3.10. The maximum Gasteiger partial charge on any atom is 0.243 e. The highest BCUT2D eigenvalue weighted by molar-refractivity contribution is 5.92. The number of fused-ring (bicyclic) bond motifs is 1. The van der Waals surface area contributed by atoms with Crippen molar-refractivity contribution in [2.75, 3.05) is 14.1 Å². The summed E-state index contributed by atoms with van der Waals surface area (Å²) in [6.07, 6.45) is 0.590. The van der Waals surface area contributed by atoms with Crippen LogP contribution in [0.3, 0.4) is 0 Å². The van der Waals surface area contributed by atoms with Crippen LogP contribution in [0, 0.1) is 5.82 Å². The second-order valence-corrected chi connectivity index (χ2v) is 8.15. The van der Waals surface area contributed by atoms with Gasteiger partial charge in [-0.05, 0) is 47.4 Å². The van der Waals surface area contributed by atoms with Crippen LogP contribution >= 0.6 is 0 Å². The van der Waals surface area contributed by atoms with Crippen LogP contribution in [0.5, 0.6) is 0 Å². The topological polar surface area (TPSA) is 75.4 Å². The van der Waals surface area contributed by atoms with E-state index in [2.05, 4.69) is 5.32 Å². The highest BCUT2D eigenvalue weighted by atomic mass is 19.1. The van der Waals surface area contributed by atoms with E-state index in [0.29, 0.717) is 6.42 Å². The van der Waals surface area contributed by atoms with E-state index < -0.39 is 11.6 Å². The maximum atomic E-state index is 13.3. The van der Waals surface area contributed by atoms with Gasteiger partial charge in [0.1, 0.15) is 11.9 Å². The molecule has 0 heterocycles. The van der Waals surface area contributed by atoms with Gasteiger partial charge < -0.3 is 16.0 Å². The average molecular weight is 422 g/mol. The van der Waals surface area contributed by atoms with Gasteiger partial charge in [0.2, 0.25) is 11.8 Å². The summed E-state index contributed by atoms with van der Waals surface area (Å²) >= 11 is 0. The number of rotatable bonds is 7. The average Bonchev–Trinajstić information content (AvgIpc) is 2.76. The van der Waals surface area contributed by atoms with Gasteiger partial charge in [0.25, 0.3) is 0 Å². The van der Waals surface area contributed by atoms with Gasteiger partial charge in [-0.25, -0.2) is 4.39 Å². The zero-order chi connectivity index (χ0) is 22.6. The van der Waals surface area contributed by atoms with E-state index in [0.717, 1.165) is 21.9 Å². The molecule has 162 valence electrons. The third-order valence-corrected chi connectivity index (χ3v) is 5.55. The molecule has 3 rings (SSSR count). The first-order valence-electron chi connectivity index (χ1n) is 10.2. The van der Waals surface area contributed by atoms with Crippen LogP contribution in [0.25, 0.3) is 10.8 Å². The maximum absolute atomic E-state index is 13.3. The fourth-order valence-electron chi connectivity index (χ4n) is 3.81. The normalized spacial score (nSPS) is 14.0. The summed E-state index contributed by atoms with van der Waals surface area (Å²) < 4.78 is 13.2. The molecule has 3 aromatic carbocycles. The van der Waals surface area contributed by atoms with Crippen LogP contribution in [0.4, 0.5) is 4.39 Å². The Morgan fingerprint density at radius 1 is 1.03 bits per heavy atom. The Morgan fingerprint density at radius 2 is 1.65 bits per heavy atom. The molecule has 2 amide bonds. The summed E-state index contributed by atoms with van der Waals surface area (Å²) in [5.74, 6) is -0.993. The highest BCUT2D eigenvalue weighted by Crippen LogP contribution is 2.21. The Morgan fingerprint density at radius 3 is 2.29 bits per heavy atom. The predicted molar refractivity (Wildman–Crippen MR) is 121 cm³/mol. The Labute approximate surface area is 182 Å². The molecule has 3 N–H and O–H groups in total. The van der Waals surface area contributed by atoms with Crippen LogP contribution in [-0.2, 0) is 22.4 Å². The number of amides is 2. The van der Waals surface area contributed by atoms with E-state index in [1.54, 1.807) is 26.1 Å². The Hall–Kier alpha value is -3.25. The minimum absolute atomic E-state index is 0.258. The Bertz CT molecular complexity index is 1080. The Balaban J connectivity index is 1.80. The number of nitrogens with one attached hydrogen (secondary N) is 1. The molecule has 0 saturated carbocycles. The largest absolute Gasteiger partial charge is 0.357 e. The smallest absolute Gasteiger partial charge is 0.243 e. The number of carbonyl (C=O) groups excluding carboxylic acids is 2. The molecule has 0 aromatic heterocycles. The fourth-order valence-corrected chi connectivity index (χ4v) is 3.81. The zero-order valence-corrected chi connectivity index (χ0v) is 18.1. The van der Waals surface area contributed by atoms with Gasteiger partial charge in [-0.1, -0.05) is 54.6 Å². The first kappa shape index (κ1) is 22.4. The van der Waals surface area contributed by atoms with Gasteiger partial charge >= 0.3 is 0 Å². The van der Waals surface area contributed by atoms with Crippen LogP contribution in [0.2, 0.25) is 0 Å². The number of carbonyl (C=O) groups is 2. The molecule has 0 spiro atoms. The number of nitrogens with two attached hydrogens (primary N) is 1. The van der Waals surface area contributed by atoms with Crippen LogP contribution < -0.4 is 11.1 Å². The number of nitrogens with zero attached hydrogens (tertiary/aromatic N) is 1. The van der Waals surface area contributed by atoms with E-state index in [4.69, 9.17) is 5.73 Å². The van der Waals surface area contributed by atoms with E-state index in [9.17, 15) is 14.0 Å². The third kappa shape index (κ3) is 5.27. The van der Waals surface area contributed by atoms with Gasteiger partial charge in [0.05, 0.1) is 5.54 Å². The van der Waals surface area contributed by atoms with Crippen molar-refractivity contribution in [1.29, 1.82) is 0 Å². The van der Waals surface area contributed by atoms with Crippen molar-refractivity contribution in [2.24, 2.45) is 5.73 Å². The van der Waals surface area contributed by atoms with Crippen LogP contribution in [-0.4, -0.2) is 42.4 Å². The molecular weight excluding hydrogens is 393 g/mol.